The smallest absolute Gasteiger partial charge is 0.256 e. The average molecular weight is 534 g/mol. The van der Waals surface area contributed by atoms with Crippen LogP contribution in [0.25, 0.3) is 16.6 Å². The lowest BCUT2D eigenvalue weighted by Crippen LogP contribution is -2.28. The number of hydrogen-bond acceptors (Lipinski definition) is 6. The molecule has 0 aliphatic carbocycles. The minimum absolute atomic E-state index is 0.140. The Kier molecular flexibility index (Phi) is 6.86. The molecule has 8 nitrogen and oxygen atoms in total. The largest absolute Gasteiger partial charge is 0.487 e. The minimum Gasteiger partial charge on any atom is -0.487 e. The third-order valence-corrected chi connectivity index (χ3v) is 6.60. The van der Waals surface area contributed by atoms with Crippen LogP contribution >= 0.6 is 11.6 Å². The zero-order valence-electron chi connectivity index (χ0n) is 21.3. The second-order valence-corrected chi connectivity index (χ2v) is 9.54. The van der Waals surface area contributed by atoms with E-state index in [4.69, 9.17) is 20.9 Å². The van der Waals surface area contributed by atoms with Crippen LogP contribution in [0.2, 0.25) is 5.02 Å². The van der Waals surface area contributed by atoms with Gasteiger partial charge in [0.1, 0.15) is 29.2 Å². The number of ether oxygens (including phenoxy) is 1. The van der Waals surface area contributed by atoms with Gasteiger partial charge in [-0.3, -0.25) is 4.79 Å². The quantitative estimate of drug-likeness (QED) is 0.268. The molecule has 0 saturated carbocycles. The summed E-state index contributed by atoms with van der Waals surface area (Å²) in [6, 6.07) is 10.9. The fourth-order valence-electron chi connectivity index (χ4n) is 4.42. The van der Waals surface area contributed by atoms with Crippen molar-refractivity contribution in [3.05, 3.63) is 99.5 Å². The van der Waals surface area contributed by atoms with Crippen molar-refractivity contribution in [1.82, 2.24) is 25.2 Å². The van der Waals surface area contributed by atoms with Crippen LogP contribution in [0.1, 0.15) is 51.5 Å². The van der Waals surface area contributed by atoms with E-state index in [1.165, 1.54) is 17.1 Å². The normalized spacial score (nSPS) is 12.1. The SMILES string of the molecule is Cc1cc(Cl)c(COc2cccc3c(-n4cc(F)cn4)cc(C)nc23)c([C@H](C)NC(=O)c2cnoc2C)c1. The van der Waals surface area contributed by atoms with Gasteiger partial charge in [-0.2, -0.15) is 5.10 Å². The van der Waals surface area contributed by atoms with Gasteiger partial charge in [0.25, 0.3) is 5.91 Å². The van der Waals surface area contributed by atoms with Crippen LogP contribution in [-0.4, -0.2) is 25.8 Å². The van der Waals surface area contributed by atoms with Gasteiger partial charge >= 0.3 is 0 Å². The number of carbonyl (C=O) groups excluding carboxylic acids is 1. The van der Waals surface area contributed by atoms with Crippen LogP contribution in [0.3, 0.4) is 0 Å². The van der Waals surface area contributed by atoms with Gasteiger partial charge in [0, 0.05) is 21.7 Å². The summed E-state index contributed by atoms with van der Waals surface area (Å²) in [5.41, 5.74) is 4.94. The molecule has 10 heteroatoms. The van der Waals surface area contributed by atoms with Crippen molar-refractivity contribution in [3.8, 4) is 11.4 Å². The van der Waals surface area contributed by atoms with Gasteiger partial charge in [-0.05, 0) is 57.0 Å². The van der Waals surface area contributed by atoms with Crippen molar-refractivity contribution in [2.45, 2.75) is 40.3 Å². The third-order valence-electron chi connectivity index (χ3n) is 6.26. The second kappa shape index (κ2) is 10.3. The van der Waals surface area contributed by atoms with Gasteiger partial charge in [0.15, 0.2) is 5.82 Å². The number of rotatable bonds is 7. The van der Waals surface area contributed by atoms with E-state index in [0.29, 0.717) is 33.3 Å². The molecule has 1 amide bonds. The summed E-state index contributed by atoms with van der Waals surface area (Å²) < 4.78 is 26.5. The molecule has 5 aromatic rings. The Morgan fingerprint density at radius 1 is 1.21 bits per heavy atom. The number of para-hydroxylation sites is 1. The number of hydrogen-bond donors (Lipinski definition) is 1. The van der Waals surface area contributed by atoms with Crippen molar-refractivity contribution in [3.63, 3.8) is 0 Å². The minimum atomic E-state index is -0.429. The molecule has 2 aromatic carbocycles. The number of aryl methyl sites for hydroxylation is 3. The molecule has 0 fully saturated rings. The highest BCUT2D eigenvalue weighted by Crippen LogP contribution is 2.32. The molecule has 1 N–H and O–H groups in total. The predicted octanol–water partition coefficient (Wildman–Crippen LogP) is 6.20. The first-order valence-electron chi connectivity index (χ1n) is 12.0. The fourth-order valence-corrected chi connectivity index (χ4v) is 4.76. The zero-order valence-corrected chi connectivity index (χ0v) is 22.0. The van der Waals surface area contributed by atoms with E-state index in [-0.39, 0.29) is 18.6 Å². The Labute approximate surface area is 223 Å². The van der Waals surface area contributed by atoms with E-state index in [9.17, 15) is 9.18 Å². The molecule has 0 radical (unpaired) electrons. The van der Waals surface area contributed by atoms with E-state index in [2.05, 4.69) is 20.6 Å². The fraction of sp³-hybridized carbons (Fsp3) is 0.214. The first-order chi connectivity index (χ1) is 18.2. The van der Waals surface area contributed by atoms with E-state index in [0.717, 1.165) is 34.0 Å². The summed E-state index contributed by atoms with van der Waals surface area (Å²) in [4.78, 5) is 17.5. The summed E-state index contributed by atoms with van der Waals surface area (Å²) in [7, 11) is 0. The van der Waals surface area contributed by atoms with E-state index in [1.54, 1.807) is 6.92 Å². The van der Waals surface area contributed by atoms with E-state index >= 15 is 0 Å². The lowest BCUT2D eigenvalue weighted by atomic mass is 9.98. The topological polar surface area (TPSA) is 95.1 Å². The van der Waals surface area contributed by atoms with Crippen molar-refractivity contribution < 1.29 is 18.4 Å². The molecular formula is C28H25ClFN5O3. The number of nitrogens with one attached hydrogen (secondary N) is 1. The molecule has 0 unspecified atom stereocenters. The summed E-state index contributed by atoms with van der Waals surface area (Å²) in [6.07, 6.45) is 3.87. The van der Waals surface area contributed by atoms with Gasteiger partial charge in [0.05, 0.1) is 30.3 Å². The molecule has 194 valence electrons. The predicted molar refractivity (Wildman–Crippen MR) is 141 cm³/mol. The molecule has 5 rings (SSSR count). The van der Waals surface area contributed by atoms with Crippen LogP contribution < -0.4 is 10.1 Å². The molecule has 0 bridgehead atoms. The number of halogens is 2. The van der Waals surface area contributed by atoms with Crippen molar-refractivity contribution in [1.29, 1.82) is 0 Å². The highest BCUT2D eigenvalue weighted by molar-refractivity contribution is 6.31. The molecule has 0 aliphatic heterocycles. The summed E-state index contributed by atoms with van der Waals surface area (Å²) in [5, 5.41) is 12.1. The summed E-state index contributed by atoms with van der Waals surface area (Å²) in [5.74, 6) is 0.259. The first-order valence-corrected chi connectivity index (χ1v) is 12.3. The lowest BCUT2D eigenvalue weighted by Gasteiger charge is -2.21. The van der Waals surface area contributed by atoms with Crippen LogP contribution in [-0.2, 0) is 6.61 Å². The Morgan fingerprint density at radius 3 is 2.74 bits per heavy atom. The number of fused-ring (bicyclic) bond motifs is 1. The maximum atomic E-state index is 13.7. The number of carbonyl (C=O) groups is 1. The van der Waals surface area contributed by atoms with Crippen molar-refractivity contribution in [2.75, 3.05) is 0 Å². The van der Waals surface area contributed by atoms with Crippen LogP contribution in [0.4, 0.5) is 4.39 Å². The third kappa shape index (κ3) is 4.97. The van der Waals surface area contributed by atoms with Gasteiger partial charge in [-0.25, -0.2) is 14.1 Å². The van der Waals surface area contributed by atoms with E-state index < -0.39 is 5.82 Å². The van der Waals surface area contributed by atoms with Crippen LogP contribution in [0.5, 0.6) is 5.75 Å². The zero-order chi connectivity index (χ0) is 27.0. The molecule has 0 spiro atoms. The van der Waals surface area contributed by atoms with E-state index in [1.807, 2.05) is 57.2 Å². The van der Waals surface area contributed by atoms with Gasteiger partial charge in [0.2, 0.25) is 0 Å². The van der Waals surface area contributed by atoms with Gasteiger partial charge in [-0.1, -0.05) is 35.0 Å². The Morgan fingerprint density at radius 2 is 2.03 bits per heavy atom. The molecular weight excluding hydrogens is 509 g/mol. The molecule has 0 aliphatic rings. The molecule has 38 heavy (non-hydrogen) atoms. The summed E-state index contributed by atoms with van der Waals surface area (Å²) >= 11 is 6.68. The highest BCUT2D eigenvalue weighted by Gasteiger charge is 2.21. The number of nitrogens with zero attached hydrogens (tertiary/aromatic N) is 4. The first kappa shape index (κ1) is 25.4. The van der Waals surface area contributed by atoms with Crippen LogP contribution in [0, 0.1) is 26.6 Å². The van der Waals surface area contributed by atoms with Crippen LogP contribution in [0.15, 0.2) is 59.5 Å². The molecule has 3 aromatic heterocycles. The average Bonchev–Trinajstić information content (AvgIpc) is 3.50. The Balaban J connectivity index is 1.47. The molecule has 3 heterocycles. The Bertz CT molecular complexity index is 1660. The standard InChI is InChI=1S/C28H25ClFN5O3/c1-15-8-21(17(3)34-28(36)22-12-32-38-18(22)4)23(24(29)9-15)14-37-26-7-5-6-20-25(10-16(2)33-27(20)26)35-13-19(30)11-31-35/h5-13,17H,14H2,1-4H3,(H,34,36)/t17-/m0/s1. The Hall–Kier alpha value is -4.24. The number of pyridine rings is 1. The maximum absolute atomic E-state index is 13.7. The van der Waals surface area contributed by atoms with Gasteiger partial charge in [-0.15, -0.1) is 0 Å². The lowest BCUT2D eigenvalue weighted by molar-refractivity contribution is 0.0938. The summed E-state index contributed by atoms with van der Waals surface area (Å²) in [6.45, 7) is 7.50. The number of amides is 1. The molecule has 1 atom stereocenters. The van der Waals surface area contributed by atoms with Gasteiger partial charge < -0.3 is 14.6 Å². The number of aromatic nitrogens is 4. The molecule has 0 saturated heterocycles. The van der Waals surface area contributed by atoms with Crippen molar-refractivity contribution in [2.24, 2.45) is 0 Å². The second-order valence-electron chi connectivity index (χ2n) is 9.13. The maximum Gasteiger partial charge on any atom is 0.256 e. The number of benzene rings is 2. The van der Waals surface area contributed by atoms with Crippen molar-refractivity contribution >= 4 is 28.4 Å². The highest BCUT2D eigenvalue weighted by atomic mass is 35.5. The monoisotopic (exact) mass is 533 g/mol.